The topological polar surface area (TPSA) is 32.3 Å². The second-order valence-corrected chi connectivity index (χ2v) is 5.95. The number of hydrogen-bond donors (Lipinski definition) is 2. The maximum atomic E-state index is 10.1. The Hall–Kier alpha value is -1.38. The van der Waals surface area contributed by atoms with Gasteiger partial charge in [0.05, 0.1) is 6.10 Å². The summed E-state index contributed by atoms with van der Waals surface area (Å²) < 4.78 is 0. The summed E-state index contributed by atoms with van der Waals surface area (Å²) in [6, 6.07) is 15.6. The molecule has 2 heteroatoms. The highest BCUT2D eigenvalue weighted by molar-refractivity contribution is 5.83. The largest absolute Gasteiger partial charge is 0.392 e. The Labute approximate surface area is 120 Å². The van der Waals surface area contributed by atoms with E-state index in [0.29, 0.717) is 0 Å². The normalized spacial score (nSPS) is 24.7. The third-order valence-electron chi connectivity index (χ3n) is 4.47. The molecule has 106 valence electrons. The fraction of sp³-hybridized carbons (Fsp3) is 0.444. The summed E-state index contributed by atoms with van der Waals surface area (Å²) in [6.07, 6.45) is 4.20. The van der Waals surface area contributed by atoms with Crippen molar-refractivity contribution in [3.8, 4) is 0 Å². The second kappa shape index (κ2) is 5.94. The minimum absolute atomic E-state index is 0.188. The van der Waals surface area contributed by atoms with Crippen molar-refractivity contribution < 1.29 is 5.11 Å². The average molecular weight is 269 g/mol. The molecule has 2 N–H and O–H groups in total. The minimum atomic E-state index is -0.188. The van der Waals surface area contributed by atoms with Gasteiger partial charge < -0.3 is 10.4 Å². The lowest BCUT2D eigenvalue weighted by molar-refractivity contribution is 0.0860. The lowest BCUT2D eigenvalue weighted by Crippen LogP contribution is -2.43. The molecule has 1 aliphatic carbocycles. The van der Waals surface area contributed by atoms with Crippen molar-refractivity contribution in [1.82, 2.24) is 5.32 Å². The molecule has 1 fully saturated rings. The number of rotatable bonds is 3. The Morgan fingerprint density at radius 3 is 2.60 bits per heavy atom. The van der Waals surface area contributed by atoms with E-state index in [1.54, 1.807) is 0 Å². The second-order valence-electron chi connectivity index (χ2n) is 5.95. The van der Waals surface area contributed by atoms with E-state index in [1.165, 1.54) is 22.8 Å². The van der Waals surface area contributed by atoms with E-state index in [1.807, 2.05) is 0 Å². The third kappa shape index (κ3) is 2.87. The van der Waals surface area contributed by atoms with Gasteiger partial charge in [-0.1, -0.05) is 49.2 Å². The quantitative estimate of drug-likeness (QED) is 0.888. The van der Waals surface area contributed by atoms with E-state index in [0.717, 1.165) is 19.3 Å². The molecule has 3 unspecified atom stereocenters. The lowest BCUT2D eigenvalue weighted by atomic mass is 9.91. The van der Waals surface area contributed by atoms with Crippen LogP contribution in [0.15, 0.2) is 42.5 Å². The molecular weight excluding hydrogens is 246 g/mol. The Morgan fingerprint density at radius 2 is 1.80 bits per heavy atom. The summed E-state index contributed by atoms with van der Waals surface area (Å²) >= 11 is 0. The summed E-state index contributed by atoms with van der Waals surface area (Å²) in [6.45, 7) is 2.19. The Kier molecular flexibility index (Phi) is 4.04. The fourth-order valence-corrected chi connectivity index (χ4v) is 3.20. The SMILES string of the molecule is CC(NC1CCCCC1O)c1ccc2ccccc2c1. The van der Waals surface area contributed by atoms with Gasteiger partial charge in [0.2, 0.25) is 0 Å². The van der Waals surface area contributed by atoms with Crippen LogP contribution in [0.3, 0.4) is 0 Å². The van der Waals surface area contributed by atoms with E-state index >= 15 is 0 Å². The molecule has 2 aromatic carbocycles. The fourth-order valence-electron chi connectivity index (χ4n) is 3.20. The number of hydrogen-bond acceptors (Lipinski definition) is 2. The van der Waals surface area contributed by atoms with Crippen molar-refractivity contribution in [3.63, 3.8) is 0 Å². The Balaban J connectivity index is 1.76. The summed E-state index contributed by atoms with van der Waals surface area (Å²) in [4.78, 5) is 0. The smallest absolute Gasteiger partial charge is 0.0693 e. The lowest BCUT2D eigenvalue weighted by Gasteiger charge is -2.31. The molecule has 3 rings (SSSR count). The first-order chi connectivity index (χ1) is 9.74. The first-order valence-corrected chi connectivity index (χ1v) is 7.67. The maximum absolute atomic E-state index is 10.1. The number of aliphatic hydroxyl groups is 1. The monoisotopic (exact) mass is 269 g/mol. The number of aliphatic hydroxyl groups excluding tert-OH is 1. The van der Waals surface area contributed by atoms with Crippen LogP contribution in [0.2, 0.25) is 0 Å². The molecule has 2 nitrogen and oxygen atoms in total. The molecule has 0 bridgehead atoms. The van der Waals surface area contributed by atoms with Crippen molar-refractivity contribution in [2.24, 2.45) is 0 Å². The number of benzene rings is 2. The zero-order valence-electron chi connectivity index (χ0n) is 12.0. The molecule has 0 saturated heterocycles. The van der Waals surface area contributed by atoms with Crippen LogP contribution in [0, 0.1) is 0 Å². The minimum Gasteiger partial charge on any atom is -0.392 e. The Bertz CT molecular complexity index is 580. The standard InChI is InChI=1S/C18H23NO/c1-13(19-17-8-4-5-9-18(17)20)15-11-10-14-6-2-3-7-16(14)12-15/h2-3,6-7,10-13,17-20H,4-5,8-9H2,1H3. The highest BCUT2D eigenvalue weighted by Crippen LogP contribution is 2.24. The van der Waals surface area contributed by atoms with Crippen LogP contribution in [-0.4, -0.2) is 17.3 Å². The molecule has 20 heavy (non-hydrogen) atoms. The van der Waals surface area contributed by atoms with E-state index in [4.69, 9.17) is 0 Å². The van der Waals surface area contributed by atoms with E-state index in [9.17, 15) is 5.11 Å². The van der Waals surface area contributed by atoms with Crippen LogP contribution in [0.1, 0.15) is 44.2 Å². The van der Waals surface area contributed by atoms with Gasteiger partial charge in [0.1, 0.15) is 0 Å². The van der Waals surface area contributed by atoms with Gasteiger partial charge in [-0.05, 0) is 42.2 Å². The molecule has 3 atom stereocenters. The molecule has 1 aliphatic rings. The van der Waals surface area contributed by atoms with Crippen LogP contribution in [0.5, 0.6) is 0 Å². The van der Waals surface area contributed by atoms with E-state index in [2.05, 4.69) is 54.7 Å². The molecule has 0 amide bonds. The highest BCUT2D eigenvalue weighted by Gasteiger charge is 2.24. The molecule has 1 saturated carbocycles. The molecule has 0 aliphatic heterocycles. The van der Waals surface area contributed by atoms with Gasteiger partial charge >= 0.3 is 0 Å². The highest BCUT2D eigenvalue weighted by atomic mass is 16.3. The van der Waals surface area contributed by atoms with E-state index < -0.39 is 0 Å². The molecule has 0 radical (unpaired) electrons. The maximum Gasteiger partial charge on any atom is 0.0693 e. The van der Waals surface area contributed by atoms with Crippen molar-refractivity contribution in [3.05, 3.63) is 48.0 Å². The number of fused-ring (bicyclic) bond motifs is 1. The number of nitrogens with one attached hydrogen (secondary N) is 1. The van der Waals surface area contributed by atoms with Gasteiger partial charge in [0.25, 0.3) is 0 Å². The third-order valence-corrected chi connectivity index (χ3v) is 4.47. The zero-order chi connectivity index (χ0) is 13.9. The first-order valence-electron chi connectivity index (χ1n) is 7.67. The van der Waals surface area contributed by atoms with Crippen molar-refractivity contribution in [1.29, 1.82) is 0 Å². The predicted molar refractivity (Wildman–Crippen MR) is 83.8 cm³/mol. The molecular formula is C18H23NO. The summed E-state index contributed by atoms with van der Waals surface area (Å²) in [5.74, 6) is 0. The molecule has 0 aromatic heterocycles. The molecule has 0 spiro atoms. The summed E-state index contributed by atoms with van der Waals surface area (Å²) in [5.41, 5.74) is 1.29. The van der Waals surface area contributed by atoms with E-state index in [-0.39, 0.29) is 18.2 Å². The van der Waals surface area contributed by atoms with Gasteiger partial charge in [-0.15, -0.1) is 0 Å². The van der Waals surface area contributed by atoms with Gasteiger partial charge in [-0.3, -0.25) is 0 Å². The molecule has 2 aromatic rings. The van der Waals surface area contributed by atoms with Gasteiger partial charge in [-0.2, -0.15) is 0 Å². The van der Waals surface area contributed by atoms with Crippen LogP contribution in [0.25, 0.3) is 10.8 Å². The predicted octanol–water partition coefficient (Wildman–Crippen LogP) is 3.79. The zero-order valence-corrected chi connectivity index (χ0v) is 12.0. The Morgan fingerprint density at radius 1 is 1.05 bits per heavy atom. The molecule has 0 heterocycles. The first kappa shape index (κ1) is 13.6. The van der Waals surface area contributed by atoms with Gasteiger partial charge in [-0.25, -0.2) is 0 Å². The summed E-state index contributed by atoms with van der Waals surface area (Å²) in [5, 5.41) is 16.2. The average Bonchev–Trinajstić information content (AvgIpc) is 2.49. The van der Waals surface area contributed by atoms with Crippen LogP contribution in [0.4, 0.5) is 0 Å². The van der Waals surface area contributed by atoms with Crippen molar-refractivity contribution in [2.75, 3.05) is 0 Å². The van der Waals surface area contributed by atoms with Crippen LogP contribution in [-0.2, 0) is 0 Å². The van der Waals surface area contributed by atoms with Crippen LogP contribution < -0.4 is 5.32 Å². The van der Waals surface area contributed by atoms with Crippen molar-refractivity contribution in [2.45, 2.75) is 50.8 Å². The van der Waals surface area contributed by atoms with Crippen molar-refractivity contribution >= 4 is 10.8 Å². The van der Waals surface area contributed by atoms with Gasteiger partial charge in [0.15, 0.2) is 0 Å². The van der Waals surface area contributed by atoms with Gasteiger partial charge in [0, 0.05) is 12.1 Å². The van der Waals surface area contributed by atoms with Crippen LogP contribution >= 0.6 is 0 Å². The summed E-state index contributed by atoms with van der Waals surface area (Å²) in [7, 11) is 0.